The van der Waals surface area contributed by atoms with E-state index in [0.717, 1.165) is 35.6 Å². The van der Waals surface area contributed by atoms with E-state index >= 15 is 0 Å². The molecule has 0 fully saturated rings. The summed E-state index contributed by atoms with van der Waals surface area (Å²) in [5.41, 5.74) is 4.36. The topological polar surface area (TPSA) is 15.6 Å². The van der Waals surface area contributed by atoms with Gasteiger partial charge in [-0.1, -0.05) is 35.3 Å². The average Bonchev–Trinajstić information content (AvgIpc) is 2.79. The minimum Gasteiger partial charge on any atom is -0.372 e. The van der Waals surface area contributed by atoms with E-state index in [4.69, 9.17) is 28.2 Å². The largest absolute Gasteiger partial charge is 0.372 e. The molecule has 1 atom stereocenters. The lowest BCUT2D eigenvalue weighted by atomic mass is 9.87. The van der Waals surface area contributed by atoms with Crippen molar-refractivity contribution in [2.75, 3.05) is 13.1 Å². The van der Waals surface area contributed by atoms with Gasteiger partial charge in [0.2, 0.25) is 0 Å². The van der Waals surface area contributed by atoms with Crippen LogP contribution in [0.15, 0.2) is 59.4 Å². The summed E-state index contributed by atoms with van der Waals surface area (Å²) in [5.74, 6) is 0.156. The second kappa shape index (κ2) is 5.70. The van der Waals surface area contributed by atoms with Gasteiger partial charge in [-0.05, 0) is 30.7 Å². The highest BCUT2D eigenvalue weighted by molar-refractivity contribution is 6.35. The molecule has 0 saturated heterocycles. The maximum atomic E-state index is 6.40. The van der Waals surface area contributed by atoms with Crippen LogP contribution < -0.4 is 0 Å². The van der Waals surface area contributed by atoms with E-state index < -0.39 is 0 Å². The number of fused-ring (bicyclic) bond motifs is 1. The Bertz CT molecular complexity index is 686. The molecule has 0 bridgehead atoms. The van der Waals surface area contributed by atoms with Crippen molar-refractivity contribution < 1.29 is 0 Å². The van der Waals surface area contributed by atoms with Gasteiger partial charge in [0.25, 0.3) is 0 Å². The molecule has 1 aromatic rings. The van der Waals surface area contributed by atoms with Gasteiger partial charge in [0.05, 0.1) is 5.71 Å². The zero-order chi connectivity index (χ0) is 15.0. The van der Waals surface area contributed by atoms with Gasteiger partial charge in [0, 0.05) is 46.5 Å². The Morgan fingerprint density at radius 3 is 2.95 bits per heavy atom. The first-order valence-corrected chi connectivity index (χ1v) is 7.63. The lowest BCUT2D eigenvalue weighted by Crippen LogP contribution is -2.33. The van der Waals surface area contributed by atoms with Gasteiger partial charge in [0.15, 0.2) is 0 Å². The zero-order valence-corrected chi connectivity index (χ0v) is 13.3. The van der Waals surface area contributed by atoms with E-state index in [1.54, 1.807) is 6.07 Å². The number of allylic oxidation sites excluding steroid dienone is 3. The minimum absolute atomic E-state index is 0.156. The first-order chi connectivity index (χ1) is 10.1. The van der Waals surface area contributed by atoms with E-state index in [2.05, 4.69) is 23.8 Å². The predicted molar refractivity (Wildman–Crippen MR) is 90.2 cm³/mol. The van der Waals surface area contributed by atoms with E-state index in [-0.39, 0.29) is 5.92 Å². The van der Waals surface area contributed by atoms with Crippen molar-refractivity contribution in [2.45, 2.75) is 12.8 Å². The van der Waals surface area contributed by atoms with Crippen molar-refractivity contribution in [3.05, 3.63) is 70.0 Å². The standard InChI is InChI=1S/C17H16Cl2N2/c1-3-6-21-9-12-7-11(2)20-17(12)15(10-21)14-5-4-13(18)8-16(14)19/h3-5,7-9,15H,1,6,10H2,2H3. The number of aliphatic imine (C=N–C) groups is 1. The monoisotopic (exact) mass is 318 g/mol. The van der Waals surface area contributed by atoms with Gasteiger partial charge < -0.3 is 4.90 Å². The third kappa shape index (κ3) is 2.78. The summed E-state index contributed by atoms with van der Waals surface area (Å²) in [6, 6.07) is 5.68. The third-order valence-corrected chi connectivity index (χ3v) is 4.29. The molecule has 0 aromatic heterocycles. The molecule has 2 heterocycles. The summed E-state index contributed by atoms with van der Waals surface area (Å²) in [6.45, 7) is 7.50. The van der Waals surface area contributed by atoms with Gasteiger partial charge in [0.1, 0.15) is 0 Å². The van der Waals surface area contributed by atoms with Crippen molar-refractivity contribution in [1.29, 1.82) is 0 Å². The van der Waals surface area contributed by atoms with Gasteiger partial charge in [-0.2, -0.15) is 0 Å². The Hall–Kier alpha value is -1.51. The van der Waals surface area contributed by atoms with Crippen LogP contribution in [0, 0.1) is 0 Å². The average molecular weight is 319 g/mol. The second-order valence-corrected chi connectivity index (χ2v) is 6.17. The normalized spacial score (nSPS) is 20.6. The van der Waals surface area contributed by atoms with Crippen LogP contribution in [0.3, 0.4) is 0 Å². The molecule has 21 heavy (non-hydrogen) atoms. The van der Waals surface area contributed by atoms with E-state index in [9.17, 15) is 0 Å². The molecule has 0 radical (unpaired) electrons. The summed E-state index contributed by atoms with van der Waals surface area (Å²) < 4.78 is 0. The molecule has 1 unspecified atom stereocenters. The van der Waals surface area contributed by atoms with E-state index in [1.165, 1.54) is 0 Å². The summed E-state index contributed by atoms with van der Waals surface area (Å²) in [4.78, 5) is 6.93. The molecule has 2 nitrogen and oxygen atoms in total. The fourth-order valence-corrected chi connectivity index (χ4v) is 3.40. The number of rotatable bonds is 3. The maximum Gasteiger partial charge on any atom is 0.0587 e. The van der Waals surface area contributed by atoms with E-state index in [1.807, 2.05) is 25.1 Å². The highest BCUT2D eigenvalue weighted by Gasteiger charge is 2.31. The molecule has 4 heteroatoms. The molecular formula is C17H16Cl2N2. The van der Waals surface area contributed by atoms with Gasteiger partial charge >= 0.3 is 0 Å². The second-order valence-electron chi connectivity index (χ2n) is 5.33. The molecule has 0 saturated carbocycles. The molecule has 108 valence electrons. The van der Waals surface area contributed by atoms with Gasteiger partial charge in [-0.15, -0.1) is 6.58 Å². The highest BCUT2D eigenvalue weighted by Crippen LogP contribution is 2.36. The van der Waals surface area contributed by atoms with Crippen molar-refractivity contribution in [3.8, 4) is 0 Å². The van der Waals surface area contributed by atoms with Gasteiger partial charge in [-0.3, -0.25) is 4.99 Å². The van der Waals surface area contributed by atoms with Crippen molar-refractivity contribution in [3.63, 3.8) is 0 Å². The molecular weight excluding hydrogens is 303 g/mol. The van der Waals surface area contributed by atoms with Crippen LogP contribution in [-0.2, 0) is 0 Å². The summed E-state index contributed by atoms with van der Waals surface area (Å²) in [6.07, 6.45) is 6.17. The zero-order valence-electron chi connectivity index (χ0n) is 11.8. The lowest BCUT2D eigenvalue weighted by Gasteiger charge is -2.32. The third-order valence-electron chi connectivity index (χ3n) is 3.73. The van der Waals surface area contributed by atoms with Crippen LogP contribution in [0.4, 0.5) is 0 Å². The Morgan fingerprint density at radius 1 is 1.43 bits per heavy atom. The van der Waals surface area contributed by atoms with Crippen LogP contribution in [0.5, 0.6) is 0 Å². The first-order valence-electron chi connectivity index (χ1n) is 6.87. The summed E-state index contributed by atoms with van der Waals surface area (Å²) in [7, 11) is 0. The molecule has 3 rings (SSSR count). The molecule has 0 spiro atoms. The first kappa shape index (κ1) is 14.4. The van der Waals surface area contributed by atoms with E-state index in [0.29, 0.717) is 10.0 Å². The van der Waals surface area contributed by atoms with Crippen LogP contribution in [-0.4, -0.2) is 23.7 Å². The van der Waals surface area contributed by atoms with Crippen LogP contribution in [0.1, 0.15) is 18.4 Å². The van der Waals surface area contributed by atoms with Gasteiger partial charge in [-0.25, -0.2) is 0 Å². The predicted octanol–water partition coefficient (Wildman–Crippen LogP) is 4.82. The number of hydrogen-bond donors (Lipinski definition) is 0. The van der Waals surface area contributed by atoms with Crippen LogP contribution in [0.25, 0.3) is 0 Å². The summed E-state index contributed by atoms with van der Waals surface area (Å²) >= 11 is 12.4. The Labute approximate surface area is 135 Å². The Balaban J connectivity index is 2.03. The number of hydrogen-bond acceptors (Lipinski definition) is 2. The molecule has 0 amide bonds. The molecule has 0 aliphatic carbocycles. The van der Waals surface area contributed by atoms with Crippen molar-refractivity contribution in [1.82, 2.24) is 4.90 Å². The Kier molecular flexibility index (Phi) is 3.92. The quantitative estimate of drug-likeness (QED) is 0.729. The molecule has 0 N–H and O–H groups in total. The Morgan fingerprint density at radius 2 is 2.24 bits per heavy atom. The molecule has 2 aliphatic rings. The lowest BCUT2D eigenvalue weighted by molar-refractivity contribution is 0.400. The molecule has 2 aliphatic heterocycles. The smallest absolute Gasteiger partial charge is 0.0587 e. The number of halogens is 2. The maximum absolute atomic E-state index is 6.40. The fraction of sp³-hybridized carbons (Fsp3) is 0.235. The number of benzene rings is 1. The van der Waals surface area contributed by atoms with Crippen molar-refractivity contribution in [2.24, 2.45) is 4.99 Å². The van der Waals surface area contributed by atoms with Crippen LogP contribution >= 0.6 is 23.2 Å². The van der Waals surface area contributed by atoms with Crippen LogP contribution in [0.2, 0.25) is 10.0 Å². The number of nitrogens with zero attached hydrogens (tertiary/aromatic N) is 2. The summed E-state index contributed by atoms with van der Waals surface area (Å²) in [5, 5.41) is 1.35. The van der Waals surface area contributed by atoms with Crippen molar-refractivity contribution >= 4 is 28.9 Å². The minimum atomic E-state index is 0.156. The molecule has 1 aromatic carbocycles. The SMILES string of the molecule is C=CCN1C=C2C=C(C)N=C2C(c2ccc(Cl)cc2Cl)C1. The fourth-order valence-electron chi connectivity index (χ4n) is 2.86. The highest BCUT2D eigenvalue weighted by atomic mass is 35.5.